The molecule has 2 aromatic heterocycles. The topological polar surface area (TPSA) is 90.7 Å². The maximum absolute atomic E-state index is 5.59. The van der Waals surface area contributed by atoms with Crippen LogP contribution in [0.3, 0.4) is 0 Å². The van der Waals surface area contributed by atoms with E-state index in [0.717, 1.165) is 10.1 Å². The van der Waals surface area contributed by atoms with Crippen molar-refractivity contribution in [1.29, 1.82) is 0 Å². The number of aromatic nitrogens is 3. The van der Waals surface area contributed by atoms with E-state index in [-0.39, 0.29) is 0 Å². The van der Waals surface area contributed by atoms with Gasteiger partial charge in [-0.3, -0.25) is 4.98 Å². The lowest BCUT2D eigenvalue weighted by Crippen LogP contribution is -1.98. The van der Waals surface area contributed by atoms with Crippen LogP contribution in [-0.4, -0.2) is 15.0 Å². The van der Waals surface area contributed by atoms with Crippen LogP contribution in [0.15, 0.2) is 40.8 Å². The molecule has 76 valence electrons. The number of hydrogen-bond acceptors (Lipinski definition) is 6. The van der Waals surface area contributed by atoms with Crippen molar-refractivity contribution in [2.24, 2.45) is 0 Å². The highest BCUT2D eigenvalue weighted by Gasteiger charge is 2.02. The van der Waals surface area contributed by atoms with Crippen molar-refractivity contribution in [1.82, 2.24) is 15.0 Å². The highest BCUT2D eigenvalue weighted by atomic mass is 32.2. The molecule has 2 aromatic rings. The predicted octanol–water partition coefficient (Wildman–Crippen LogP) is 1.19. The predicted molar refractivity (Wildman–Crippen MR) is 59.2 cm³/mol. The van der Waals surface area contributed by atoms with Gasteiger partial charge in [0, 0.05) is 12.4 Å². The highest BCUT2D eigenvalue weighted by molar-refractivity contribution is 7.99. The molecule has 0 amide bonds. The molecule has 0 spiro atoms. The van der Waals surface area contributed by atoms with Gasteiger partial charge in [-0.15, -0.1) is 0 Å². The number of hydrogen-bond donors (Lipinski definition) is 2. The summed E-state index contributed by atoms with van der Waals surface area (Å²) in [6, 6.07) is 3.52. The Hall–Kier alpha value is -1.82. The third kappa shape index (κ3) is 2.35. The summed E-state index contributed by atoms with van der Waals surface area (Å²) in [5.41, 5.74) is 11.6. The van der Waals surface area contributed by atoms with Crippen LogP contribution in [-0.2, 0) is 0 Å². The van der Waals surface area contributed by atoms with E-state index in [2.05, 4.69) is 15.0 Å². The number of nitrogens with zero attached hydrogens (tertiary/aromatic N) is 3. The Morgan fingerprint density at radius 2 is 1.93 bits per heavy atom. The highest BCUT2D eigenvalue weighted by Crippen LogP contribution is 2.25. The summed E-state index contributed by atoms with van der Waals surface area (Å²) in [5.74, 6) is 0.337. The van der Waals surface area contributed by atoms with Crippen LogP contribution in [0.2, 0.25) is 0 Å². The van der Waals surface area contributed by atoms with Crippen LogP contribution in [0.1, 0.15) is 0 Å². The lowest BCUT2D eigenvalue weighted by atomic mass is 10.4. The first-order valence-corrected chi connectivity index (χ1v) is 5.03. The smallest absolute Gasteiger partial charge is 0.147 e. The molecular weight excluding hydrogens is 210 g/mol. The second-order valence-corrected chi connectivity index (χ2v) is 3.81. The molecular formula is C9H9N5S. The summed E-state index contributed by atoms with van der Waals surface area (Å²) in [6.07, 6.45) is 4.91. The maximum Gasteiger partial charge on any atom is 0.147 e. The first-order chi connectivity index (χ1) is 7.25. The van der Waals surface area contributed by atoms with Crippen molar-refractivity contribution in [3.05, 3.63) is 30.7 Å². The average Bonchev–Trinajstić information content (AvgIpc) is 2.25. The van der Waals surface area contributed by atoms with Gasteiger partial charge >= 0.3 is 0 Å². The fraction of sp³-hybridized carbons (Fsp3) is 0. The van der Waals surface area contributed by atoms with Gasteiger partial charge in [0.25, 0.3) is 0 Å². The second kappa shape index (κ2) is 4.14. The van der Waals surface area contributed by atoms with Crippen molar-refractivity contribution in [3.8, 4) is 0 Å². The van der Waals surface area contributed by atoms with Crippen molar-refractivity contribution < 1.29 is 0 Å². The molecule has 0 fully saturated rings. The Kier molecular flexibility index (Phi) is 2.68. The largest absolute Gasteiger partial charge is 0.396 e. The van der Waals surface area contributed by atoms with E-state index in [0.29, 0.717) is 11.5 Å². The van der Waals surface area contributed by atoms with Crippen molar-refractivity contribution in [2.75, 3.05) is 11.5 Å². The minimum absolute atomic E-state index is 0.337. The van der Waals surface area contributed by atoms with Gasteiger partial charge < -0.3 is 11.5 Å². The van der Waals surface area contributed by atoms with Crippen molar-refractivity contribution in [3.63, 3.8) is 0 Å². The van der Waals surface area contributed by atoms with E-state index in [1.165, 1.54) is 11.8 Å². The summed E-state index contributed by atoms with van der Waals surface area (Å²) in [5, 5.41) is 1.52. The van der Waals surface area contributed by atoms with Gasteiger partial charge in [-0.05, 0) is 23.9 Å². The molecule has 4 N–H and O–H groups in total. The molecule has 2 heterocycles. The quantitative estimate of drug-likeness (QED) is 0.788. The van der Waals surface area contributed by atoms with Crippen LogP contribution in [0.5, 0.6) is 0 Å². The molecule has 0 aliphatic carbocycles. The molecule has 0 aliphatic heterocycles. The standard InChI is InChI=1S/C9H9N5S/c10-6-1-2-7(14-9(6)11)15-8-5-12-3-4-13-8/h1-5H,10H2,(H2,11,14). The first-order valence-electron chi connectivity index (χ1n) is 4.21. The molecule has 2 rings (SSSR count). The van der Waals surface area contributed by atoms with Crippen LogP contribution in [0.4, 0.5) is 11.5 Å². The number of nitrogens with two attached hydrogens (primary N) is 2. The van der Waals surface area contributed by atoms with Gasteiger partial charge in [0.2, 0.25) is 0 Å². The van der Waals surface area contributed by atoms with E-state index in [9.17, 15) is 0 Å². The van der Waals surface area contributed by atoms with Gasteiger partial charge in [0.15, 0.2) is 0 Å². The van der Waals surface area contributed by atoms with Crippen LogP contribution < -0.4 is 11.5 Å². The monoisotopic (exact) mass is 219 g/mol. The molecule has 0 atom stereocenters. The van der Waals surface area contributed by atoms with Gasteiger partial charge in [0.1, 0.15) is 15.9 Å². The van der Waals surface area contributed by atoms with E-state index >= 15 is 0 Å². The normalized spacial score (nSPS) is 10.1. The minimum Gasteiger partial charge on any atom is -0.396 e. The van der Waals surface area contributed by atoms with Gasteiger partial charge in [-0.25, -0.2) is 9.97 Å². The Morgan fingerprint density at radius 3 is 2.60 bits per heavy atom. The Bertz CT molecular complexity index is 459. The van der Waals surface area contributed by atoms with Crippen molar-refractivity contribution in [2.45, 2.75) is 10.1 Å². The lowest BCUT2D eigenvalue weighted by molar-refractivity contribution is 1.04. The molecule has 0 bridgehead atoms. The summed E-state index contributed by atoms with van der Waals surface area (Å²) in [7, 11) is 0. The number of pyridine rings is 1. The third-order valence-electron chi connectivity index (χ3n) is 1.68. The molecule has 0 radical (unpaired) electrons. The number of nitrogen functional groups attached to an aromatic ring is 2. The van der Waals surface area contributed by atoms with E-state index in [4.69, 9.17) is 11.5 Å². The zero-order chi connectivity index (χ0) is 10.7. The lowest BCUT2D eigenvalue weighted by Gasteiger charge is -2.02. The molecule has 0 saturated heterocycles. The SMILES string of the molecule is Nc1ccc(Sc2cnccn2)nc1N. The van der Waals surface area contributed by atoms with Crippen LogP contribution in [0, 0.1) is 0 Å². The summed E-state index contributed by atoms with van der Waals surface area (Å²) < 4.78 is 0. The van der Waals surface area contributed by atoms with Crippen LogP contribution >= 0.6 is 11.8 Å². The maximum atomic E-state index is 5.59. The van der Waals surface area contributed by atoms with Gasteiger partial charge in [-0.2, -0.15) is 0 Å². The molecule has 15 heavy (non-hydrogen) atoms. The third-order valence-corrected chi connectivity index (χ3v) is 2.54. The fourth-order valence-electron chi connectivity index (χ4n) is 0.969. The zero-order valence-electron chi connectivity index (χ0n) is 7.79. The molecule has 0 aromatic carbocycles. The molecule has 6 heteroatoms. The zero-order valence-corrected chi connectivity index (χ0v) is 8.61. The first kappa shape index (κ1) is 9.72. The second-order valence-electron chi connectivity index (χ2n) is 2.77. The van der Waals surface area contributed by atoms with E-state index in [1.807, 2.05) is 0 Å². The Balaban J connectivity index is 2.22. The summed E-state index contributed by atoms with van der Waals surface area (Å²) in [6.45, 7) is 0. The molecule has 0 unspecified atom stereocenters. The molecule has 0 saturated carbocycles. The Labute approximate surface area is 91.0 Å². The number of rotatable bonds is 2. The average molecular weight is 219 g/mol. The summed E-state index contributed by atoms with van der Waals surface area (Å²) in [4.78, 5) is 12.2. The molecule has 5 nitrogen and oxygen atoms in total. The van der Waals surface area contributed by atoms with E-state index < -0.39 is 0 Å². The fourth-order valence-corrected chi connectivity index (χ4v) is 1.69. The minimum atomic E-state index is 0.337. The number of anilines is 2. The Morgan fingerprint density at radius 1 is 1.07 bits per heavy atom. The van der Waals surface area contributed by atoms with Gasteiger partial charge in [0.05, 0.1) is 11.9 Å². The van der Waals surface area contributed by atoms with Crippen LogP contribution in [0.25, 0.3) is 0 Å². The summed E-state index contributed by atoms with van der Waals surface area (Å²) >= 11 is 1.39. The molecule has 0 aliphatic rings. The van der Waals surface area contributed by atoms with E-state index in [1.54, 1.807) is 30.7 Å². The van der Waals surface area contributed by atoms with Crippen molar-refractivity contribution >= 4 is 23.3 Å². The van der Waals surface area contributed by atoms with Gasteiger partial charge in [-0.1, -0.05) is 0 Å².